The van der Waals surface area contributed by atoms with Crippen molar-refractivity contribution in [1.82, 2.24) is 4.98 Å². The van der Waals surface area contributed by atoms with Gasteiger partial charge < -0.3 is 9.64 Å². The summed E-state index contributed by atoms with van der Waals surface area (Å²) in [4.78, 5) is 6.32. The van der Waals surface area contributed by atoms with Crippen LogP contribution in [0, 0.1) is 0 Å². The van der Waals surface area contributed by atoms with E-state index >= 15 is 0 Å². The van der Waals surface area contributed by atoms with Gasteiger partial charge in [-0.3, -0.25) is 0 Å². The smallest absolute Gasteiger partial charge is 0.128 e. The second kappa shape index (κ2) is 6.94. The van der Waals surface area contributed by atoms with E-state index in [9.17, 15) is 0 Å². The van der Waals surface area contributed by atoms with Gasteiger partial charge in [0.1, 0.15) is 5.82 Å². The SMILES string of the molecule is COCCCN(C)c1cc(CCl)c(Cl)cn1. The molecule has 0 aliphatic carbocycles. The molecular formula is C11H16Cl2N2O. The van der Waals surface area contributed by atoms with Crippen LogP contribution in [0.2, 0.25) is 5.02 Å². The van der Waals surface area contributed by atoms with Crippen molar-refractivity contribution in [2.75, 3.05) is 32.2 Å². The molecule has 1 heterocycles. The molecule has 0 spiro atoms. The highest BCUT2D eigenvalue weighted by Crippen LogP contribution is 2.21. The maximum absolute atomic E-state index is 5.94. The van der Waals surface area contributed by atoms with Crippen LogP contribution in [0.25, 0.3) is 0 Å². The van der Waals surface area contributed by atoms with E-state index in [1.807, 2.05) is 13.1 Å². The highest BCUT2D eigenvalue weighted by atomic mass is 35.5. The molecule has 0 aliphatic heterocycles. The minimum atomic E-state index is 0.403. The van der Waals surface area contributed by atoms with Gasteiger partial charge in [-0.1, -0.05) is 11.6 Å². The van der Waals surface area contributed by atoms with Crippen molar-refractivity contribution < 1.29 is 4.74 Å². The first kappa shape index (κ1) is 13.6. The van der Waals surface area contributed by atoms with Gasteiger partial charge in [-0.05, 0) is 18.1 Å². The maximum atomic E-state index is 5.94. The van der Waals surface area contributed by atoms with Crippen LogP contribution in [0.4, 0.5) is 5.82 Å². The van der Waals surface area contributed by atoms with E-state index in [4.69, 9.17) is 27.9 Å². The highest BCUT2D eigenvalue weighted by Gasteiger charge is 2.06. The van der Waals surface area contributed by atoms with Crippen molar-refractivity contribution in [3.05, 3.63) is 22.8 Å². The molecule has 16 heavy (non-hydrogen) atoms. The molecule has 5 heteroatoms. The van der Waals surface area contributed by atoms with Crippen molar-refractivity contribution in [1.29, 1.82) is 0 Å². The topological polar surface area (TPSA) is 25.4 Å². The van der Waals surface area contributed by atoms with Crippen LogP contribution in [0.5, 0.6) is 0 Å². The van der Waals surface area contributed by atoms with Gasteiger partial charge in [-0.15, -0.1) is 11.6 Å². The third-order valence-electron chi connectivity index (χ3n) is 2.30. The molecule has 90 valence electrons. The summed E-state index contributed by atoms with van der Waals surface area (Å²) in [7, 11) is 3.69. The van der Waals surface area contributed by atoms with E-state index in [0.717, 1.165) is 31.0 Å². The number of nitrogens with zero attached hydrogens (tertiary/aromatic N) is 2. The molecule has 0 aromatic carbocycles. The number of anilines is 1. The fourth-order valence-corrected chi connectivity index (χ4v) is 1.80. The summed E-state index contributed by atoms with van der Waals surface area (Å²) < 4.78 is 5.00. The van der Waals surface area contributed by atoms with E-state index in [2.05, 4.69) is 9.88 Å². The fourth-order valence-electron chi connectivity index (χ4n) is 1.34. The minimum Gasteiger partial charge on any atom is -0.385 e. The number of hydrogen-bond acceptors (Lipinski definition) is 3. The van der Waals surface area contributed by atoms with Gasteiger partial charge in [0.2, 0.25) is 0 Å². The summed E-state index contributed by atoms with van der Waals surface area (Å²) in [5, 5.41) is 0.615. The fraction of sp³-hybridized carbons (Fsp3) is 0.545. The van der Waals surface area contributed by atoms with Gasteiger partial charge in [0.15, 0.2) is 0 Å². The normalized spacial score (nSPS) is 10.5. The molecule has 1 aromatic heterocycles. The number of halogens is 2. The molecule has 0 saturated carbocycles. The van der Waals surface area contributed by atoms with E-state index in [1.165, 1.54) is 0 Å². The lowest BCUT2D eigenvalue weighted by atomic mass is 10.3. The second-order valence-corrected chi connectivity index (χ2v) is 4.21. The molecule has 0 fully saturated rings. The van der Waals surface area contributed by atoms with Gasteiger partial charge in [0.05, 0.1) is 5.02 Å². The van der Waals surface area contributed by atoms with E-state index in [0.29, 0.717) is 10.9 Å². The molecule has 1 aromatic rings. The summed E-state index contributed by atoms with van der Waals surface area (Å²) in [6.45, 7) is 1.64. The number of alkyl halides is 1. The van der Waals surface area contributed by atoms with Gasteiger partial charge in [-0.2, -0.15) is 0 Å². The number of ether oxygens (including phenoxy) is 1. The molecule has 0 saturated heterocycles. The summed E-state index contributed by atoms with van der Waals surface area (Å²) in [6, 6.07) is 1.92. The molecular weight excluding hydrogens is 247 g/mol. The summed E-state index contributed by atoms with van der Waals surface area (Å²) >= 11 is 11.7. The number of pyridine rings is 1. The predicted octanol–water partition coefficient (Wildman–Crippen LogP) is 2.95. The molecule has 1 rings (SSSR count). The molecule has 0 unspecified atom stereocenters. The third-order valence-corrected chi connectivity index (χ3v) is 2.93. The quantitative estimate of drug-likeness (QED) is 0.583. The Morgan fingerprint density at radius 1 is 1.50 bits per heavy atom. The summed E-state index contributed by atoms with van der Waals surface area (Å²) in [5.41, 5.74) is 0.909. The Morgan fingerprint density at radius 2 is 2.25 bits per heavy atom. The lowest BCUT2D eigenvalue weighted by molar-refractivity contribution is 0.196. The molecule has 0 aliphatic rings. The number of hydrogen-bond donors (Lipinski definition) is 0. The molecule has 0 bridgehead atoms. The average Bonchev–Trinajstić information content (AvgIpc) is 2.30. The first-order valence-electron chi connectivity index (χ1n) is 5.09. The van der Waals surface area contributed by atoms with Crippen molar-refractivity contribution in [2.24, 2.45) is 0 Å². The van der Waals surface area contributed by atoms with Gasteiger partial charge >= 0.3 is 0 Å². The van der Waals surface area contributed by atoms with Crippen LogP contribution in [-0.4, -0.2) is 32.3 Å². The Kier molecular flexibility index (Phi) is 5.88. The van der Waals surface area contributed by atoms with Crippen molar-refractivity contribution in [3.63, 3.8) is 0 Å². The van der Waals surface area contributed by atoms with Crippen molar-refractivity contribution >= 4 is 29.0 Å². The molecule has 0 amide bonds. The van der Waals surface area contributed by atoms with E-state index < -0.39 is 0 Å². The predicted molar refractivity (Wildman–Crippen MR) is 68.6 cm³/mol. The minimum absolute atomic E-state index is 0.403. The average molecular weight is 263 g/mol. The number of aromatic nitrogens is 1. The molecule has 3 nitrogen and oxygen atoms in total. The summed E-state index contributed by atoms with van der Waals surface area (Å²) in [5.74, 6) is 1.29. The molecule has 0 N–H and O–H groups in total. The standard InChI is InChI=1S/C11H16Cl2N2O/c1-15(4-3-5-16-2)11-6-9(7-12)10(13)8-14-11/h6,8H,3-5,7H2,1-2H3. The van der Waals surface area contributed by atoms with Crippen LogP contribution >= 0.6 is 23.2 Å². The van der Waals surface area contributed by atoms with Gasteiger partial charge in [0, 0.05) is 39.4 Å². The van der Waals surface area contributed by atoms with Gasteiger partial charge in [0.25, 0.3) is 0 Å². The zero-order chi connectivity index (χ0) is 12.0. The third kappa shape index (κ3) is 3.81. The Balaban J connectivity index is 2.64. The number of methoxy groups -OCH3 is 1. The van der Waals surface area contributed by atoms with E-state index in [1.54, 1.807) is 13.3 Å². The first-order chi connectivity index (χ1) is 7.69. The van der Waals surface area contributed by atoms with Crippen LogP contribution in [0.15, 0.2) is 12.3 Å². The van der Waals surface area contributed by atoms with Crippen LogP contribution in [0.3, 0.4) is 0 Å². The summed E-state index contributed by atoms with van der Waals surface area (Å²) in [6.07, 6.45) is 2.61. The van der Waals surface area contributed by atoms with E-state index in [-0.39, 0.29) is 0 Å². The van der Waals surface area contributed by atoms with Crippen LogP contribution in [-0.2, 0) is 10.6 Å². The zero-order valence-electron chi connectivity index (χ0n) is 9.54. The number of rotatable bonds is 6. The molecule has 0 atom stereocenters. The lowest BCUT2D eigenvalue weighted by Crippen LogP contribution is -2.20. The Bertz CT molecular complexity index is 334. The lowest BCUT2D eigenvalue weighted by Gasteiger charge is -2.18. The maximum Gasteiger partial charge on any atom is 0.128 e. The van der Waals surface area contributed by atoms with Crippen LogP contribution < -0.4 is 4.90 Å². The van der Waals surface area contributed by atoms with Crippen molar-refractivity contribution in [3.8, 4) is 0 Å². The largest absolute Gasteiger partial charge is 0.385 e. The molecule has 0 radical (unpaired) electrons. The monoisotopic (exact) mass is 262 g/mol. The highest BCUT2D eigenvalue weighted by molar-refractivity contribution is 6.32. The first-order valence-corrected chi connectivity index (χ1v) is 6.00. The Morgan fingerprint density at radius 3 is 2.88 bits per heavy atom. The Hall–Kier alpha value is -0.510. The van der Waals surface area contributed by atoms with Crippen molar-refractivity contribution in [2.45, 2.75) is 12.3 Å². The van der Waals surface area contributed by atoms with Crippen LogP contribution in [0.1, 0.15) is 12.0 Å². The Labute approximate surface area is 106 Å². The van der Waals surface area contributed by atoms with Gasteiger partial charge in [-0.25, -0.2) is 4.98 Å². The zero-order valence-corrected chi connectivity index (χ0v) is 11.1. The second-order valence-electron chi connectivity index (χ2n) is 3.54.